The first kappa shape index (κ1) is 30.3. The van der Waals surface area contributed by atoms with Crippen molar-refractivity contribution in [2.24, 2.45) is 0 Å². The molecule has 0 radical (unpaired) electrons. The van der Waals surface area contributed by atoms with E-state index >= 15 is 0 Å². The van der Waals surface area contributed by atoms with Crippen molar-refractivity contribution in [2.45, 2.75) is 32.9 Å². The normalized spacial score (nSPS) is 11.9. The molecule has 0 bridgehead atoms. The van der Waals surface area contributed by atoms with E-state index in [1.165, 1.54) is 4.90 Å². The highest BCUT2D eigenvalue weighted by atomic mass is 35.5. The summed E-state index contributed by atoms with van der Waals surface area (Å²) in [5.74, 6) is 0.191. The van der Waals surface area contributed by atoms with Crippen molar-refractivity contribution in [3.8, 4) is 11.5 Å². The highest BCUT2D eigenvalue weighted by molar-refractivity contribution is 7.92. The van der Waals surface area contributed by atoms with Gasteiger partial charge in [0, 0.05) is 28.7 Å². The number of halogens is 2. The Morgan fingerprint density at radius 3 is 2.03 bits per heavy atom. The second-order valence-electron chi connectivity index (χ2n) is 8.72. The van der Waals surface area contributed by atoms with Crippen LogP contribution in [0.5, 0.6) is 11.5 Å². The maximum absolute atomic E-state index is 13.7. The summed E-state index contributed by atoms with van der Waals surface area (Å²) < 4.78 is 32.4. The van der Waals surface area contributed by atoms with E-state index in [1.807, 2.05) is 18.2 Å². The maximum atomic E-state index is 13.7. The van der Waals surface area contributed by atoms with Gasteiger partial charge in [-0.15, -0.1) is 0 Å². The summed E-state index contributed by atoms with van der Waals surface area (Å²) in [4.78, 5) is 28.0. The fraction of sp³-hybridized carbons (Fsp3) is 0.286. The Morgan fingerprint density at radius 2 is 1.49 bits per heavy atom. The van der Waals surface area contributed by atoms with Crippen LogP contribution in [0.1, 0.15) is 25.8 Å². The number of likely N-dealkylation sites (N-methyl/N-ethyl adjacent to an activating group) is 1. The zero-order chi connectivity index (χ0) is 28.6. The molecule has 1 N–H and O–H groups in total. The number of ether oxygens (including phenoxy) is 1. The van der Waals surface area contributed by atoms with Crippen molar-refractivity contribution in [1.29, 1.82) is 0 Å². The third-order valence-corrected chi connectivity index (χ3v) is 7.76. The van der Waals surface area contributed by atoms with Gasteiger partial charge in [-0.25, -0.2) is 8.42 Å². The molecule has 0 aliphatic heterocycles. The summed E-state index contributed by atoms with van der Waals surface area (Å²) in [6, 6.07) is 19.6. The first-order valence-electron chi connectivity index (χ1n) is 12.4. The number of nitrogens with one attached hydrogen (secondary N) is 1. The number of carbonyl (C=O) groups is 2. The standard InChI is InChI=1S/C28H31Cl2N3O5S/c1-4-26(28(35)31-5-2)32(18-23-24(29)12-9-13-25(23)30)27(34)19-33(39(3,36)37)20-14-16-22(17-15-20)38-21-10-7-6-8-11-21/h6-17,26H,4-5,18-19H2,1-3H3,(H,31,35)/t26-/m1/s1. The summed E-state index contributed by atoms with van der Waals surface area (Å²) in [5.41, 5.74) is 0.735. The molecule has 8 nitrogen and oxygen atoms in total. The molecule has 3 aromatic carbocycles. The third-order valence-electron chi connectivity index (χ3n) is 5.91. The number of para-hydroxylation sites is 1. The molecule has 0 aromatic heterocycles. The summed E-state index contributed by atoms with van der Waals surface area (Å²) >= 11 is 12.7. The lowest BCUT2D eigenvalue weighted by Crippen LogP contribution is -2.52. The SMILES string of the molecule is CCNC(=O)[C@@H](CC)N(Cc1c(Cl)cccc1Cl)C(=O)CN(c1ccc(Oc2ccccc2)cc1)S(C)(=O)=O. The van der Waals surface area contributed by atoms with E-state index < -0.39 is 28.5 Å². The molecule has 1 atom stereocenters. The minimum atomic E-state index is -3.88. The molecule has 3 aromatic rings. The van der Waals surface area contributed by atoms with Gasteiger partial charge in [-0.1, -0.05) is 54.4 Å². The molecular formula is C28H31Cl2N3O5S. The smallest absolute Gasteiger partial charge is 0.244 e. The van der Waals surface area contributed by atoms with Crippen LogP contribution >= 0.6 is 23.2 Å². The van der Waals surface area contributed by atoms with Gasteiger partial charge in [0.15, 0.2) is 0 Å². The molecule has 39 heavy (non-hydrogen) atoms. The summed E-state index contributed by atoms with van der Waals surface area (Å²) in [6.07, 6.45) is 1.31. The lowest BCUT2D eigenvalue weighted by atomic mass is 10.1. The van der Waals surface area contributed by atoms with Crippen LogP contribution in [0, 0.1) is 0 Å². The molecule has 0 unspecified atom stereocenters. The van der Waals surface area contributed by atoms with Gasteiger partial charge in [0.2, 0.25) is 21.8 Å². The van der Waals surface area contributed by atoms with Gasteiger partial charge < -0.3 is 15.0 Å². The van der Waals surface area contributed by atoms with Gasteiger partial charge in [0.05, 0.1) is 11.9 Å². The summed E-state index contributed by atoms with van der Waals surface area (Å²) in [5, 5.41) is 3.41. The Bertz CT molecular complexity index is 1370. The van der Waals surface area contributed by atoms with E-state index in [1.54, 1.807) is 68.4 Å². The average molecular weight is 593 g/mol. The zero-order valence-corrected chi connectivity index (χ0v) is 24.3. The van der Waals surface area contributed by atoms with Gasteiger partial charge in [-0.2, -0.15) is 0 Å². The zero-order valence-electron chi connectivity index (χ0n) is 21.9. The van der Waals surface area contributed by atoms with Crippen molar-refractivity contribution in [2.75, 3.05) is 23.7 Å². The van der Waals surface area contributed by atoms with Gasteiger partial charge in [-0.3, -0.25) is 13.9 Å². The molecule has 0 fully saturated rings. The molecule has 2 amide bonds. The molecule has 0 aliphatic rings. The van der Waals surface area contributed by atoms with Crippen LogP contribution in [0.15, 0.2) is 72.8 Å². The minimum Gasteiger partial charge on any atom is -0.457 e. The number of hydrogen-bond donors (Lipinski definition) is 1. The van der Waals surface area contributed by atoms with Gasteiger partial charge >= 0.3 is 0 Å². The number of carbonyl (C=O) groups excluding carboxylic acids is 2. The second-order valence-corrected chi connectivity index (χ2v) is 11.4. The molecule has 0 heterocycles. The van der Waals surface area contributed by atoms with E-state index in [4.69, 9.17) is 27.9 Å². The quantitative estimate of drug-likeness (QED) is 0.300. The Morgan fingerprint density at radius 1 is 0.897 bits per heavy atom. The lowest BCUT2D eigenvalue weighted by molar-refractivity contribution is -0.140. The topological polar surface area (TPSA) is 96.0 Å². The predicted molar refractivity (Wildman–Crippen MR) is 155 cm³/mol. The first-order chi connectivity index (χ1) is 18.5. The molecular weight excluding hydrogens is 561 g/mol. The summed E-state index contributed by atoms with van der Waals surface area (Å²) in [7, 11) is -3.88. The molecule has 0 saturated heterocycles. The minimum absolute atomic E-state index is 0.0750. The number of rotatable bonds is 12. The molecule has 0 spiro atoms. The van der Waals surface area contributed by atoms with E-state index in [0.29, 0.717) is 40.1 Å². The predicted octanol–water partition coefficient (Wildman–Crippen LogP) is 5.50. The van der Waals surface area contributed by atoms with Crippen LogP contribution in [-0.4, -0.2) is 50.5 Å². The molecule has 3 rings (SSSR count). The van der Waals surface area contributed by atoms with Crippen LogP contribution in [-0.2, 0) is 26.2 Å². The van der Waals surface area contributed by atoms with Crippen LogP contribution in [0.25, 0.3) is 0 Å². The van der Waals surface area contributed by atoms with Gasteiger partial charge in [0.25, 0.3) is 0 Å². The van der Waals surface area contributed by atoms with E-state index in [2.05, 4.69) is 5.32 Å². The highest BCUT2D eigenvalue weighted by Crippen LogP contribution is 2.29. The van der Waals surface area contributed by atoms with Crippen molar-refractivity contribution in [3.63, 3.8) is 0 Å². The monoisotopic (exact) mass is 591 g/mol. The summed E-state index contributed by atoms with van der Waals surface area (Å²) in [6.45, 7) is 3.31. The van der Waals surface area contributed by atoms with Crippen molar-refractivity contribution in [3.05, 3.63) is 88.4 Å². The van der Waals surface area contributed by atoms with E-state index in [0.717, 1.165) is 10.6 Å². The lowest BCUT2D eigenvalue weighted by Gasteiger charge is -2.33. The molecule has 11 heteroatoms. The van der Waals surface area contributed by atoms with Crippen LogP contribution < -0.4 is 14.4 Å². The molecule has 208 valence electrons. The average Bonchev–Trinajstić information content (AvgIpc) is 2.89. The molecule has 0 aliphatic carbocycles. The van der Waals surface area contributed by atoms with E-state index in [9.17, 15) is 18.0 Å². The first-order valence-corrected chi connectivity index (χ1v) is 15.0. The fourth-order valence-electron chi connectivity index (χ4n) is 3.98. The largest absolute Gasteiger partial charge is 0.457 e. The number of hydrogen-bond acceptors (Lipinski definition) is 5. The van der Waals surface area contributed by atoms with Gasteiger partial charge in [0.1, 0.15) is 24.1 Å². The number of anilines is 1. The number of benzene rings is 3. The Kier molecular flexibility index (Phi) is 10.6. The Hall–Kier alpha value is -3.27. The van der Waals surface area contributed by atoms with E-state index in [-0.39, 0.29) is 18.1 Å². The maximum Gasteiger partial charge on any atom is 0.244 e. The molecule has 0 saturated carbocycles. The fourth-order valence-corrected chi connectivity index (χ4v) is 5.35. The number of nitrogens with zero attached hydrogens (tertiary/aromatic N) is 2. The van der Waals surface area contributed by atoms with Crippen LogP contribution in [0.4, 0.5) is 5.69 Å². The van der Waals surface area contributed by atoms with Crippen molar-refractivity contribution in [1.82, 2.24) is 10.2 Å². The Labute approximate surface area is 239 Å². The van der Waals surface area contributed by atoms with Crippen LogP contribution in [0.2, 0.25) is 10.0 Å². The van der Waals surface area contributed by atoms with Crippen molar-refractivity contribution < 1.29 is 22.7 Å². The van der Waals surface area contributed by atoms with Gasteiger partial charge in [-0.05, 0) is 61.9 Å². The van der Waals surface area contributed by atoms with Crippen LogP contribution in [0.3, 0.4) is 0 Å². The Balaban J connectivity index is 1.92. The third kappa shape index (κ3) is 8.11. The number of amides is 2. The number of sulfonamides is 1. The second kappa shape index (κ2) is 13.7. The van der Waals surface area contributed by atoms with Crippen molar-refractivity contribution >= 4 is 50.7 Å². The highest BCUT2D eigenvalue weighted by Gasteiger charge is 2.32.